The van der Waals surface area contributed by atoms with Crippen LogP contribution in [-0.4, -0.2) is 6.03 Å². The Bertz CT molecular complexity index is 621. The summed E-state index contributed by atoms with van der Waals surface area (Å²) in [5.41, 5.74) is 1.34. The third-order valence-electron chi connectivity index (χ3n) is 3.99. The zero-order valence-electron chi connectivity index (χ0n) is 11.6. The van der Waals surface area contributed by atoms with E-state index in [0.29, 0.717) is 0 Å². The average molecular weight is 284 g/mol. The Balaban J connectivity index is 1.72. The van der Waals surface area contributed by atoms with Crippen molar-refractivity contribution >= 4 is 11.7 Å². The normalized spacial score (nSPS) is 15.9. The molecule has 0 bridgehead atoms. The van der Waals surface area contributed by atoms with Crippen molar-refractivity contribution in [1.82, 2.24) is 5.32 Å². The van der Waals surface area contributed by atoms with Gasteiger partial charge in [0, 0.05) is 5.69 Å². The van der Waals surface area contributed by atoms with Gasteiger partial charge in [-0.05, 0) is 49.1 Å². The third-order valence-corrected chi connectivity index (χ3v) is 3.99. The molecule has 0 radical (unpaired) electrons. The smallest absolute Gasteiger partial charge is 0.319 e. The van der Waals surface area contributed by atoms with Crippen molar-refractivity contribution < 1.29 is 9.18 Å². The van der Waals surface area contributed by atoms with Gasteiger partial charge in [0.15, 0.2) is 0 Å². The van der Waals surface area contributed by atoms with Crippen molar-refractivity contribution in [1.29, 1.82) is 0 Å². The Morgan fingerprint density at radius 1 is 1.00 bits per heavy atom. The molecule has 0 saturated heterocycles. The summed E-state index contributed by atoms with van der Waals surface area (Å²) >= 11 is 0. The number of carbonyl (C=O) groups is 1. The van der Waals surface area contributed by atoms with Crippen molar-refractivity contribution in [2.24, 2.45) is 0 Å². The first-order chi connectivity index (χ1) is 10.2. The SMILES string of the molecule is O=C(Nc1ccccc1)NC1(c2ccc(F)cc2)CCC1. The first-order valence-corrected chi connectivity index (χ1v) is 7.08. The molecule has 21 heavy (non-hydrogen) atoms. The van der Waals surface area contributed by atoms with Gasteiger partial charge in [-0.3, -0.25) is 0 Å². The minimum absolute atomic E-state index is 0.231. The van der Waals surface area contributed by atoms with Crippen LogP contribution in [0.4, 0.5) is 14.9 Å². The molecule has 4 heteroatoms. The zero-order chi connectivity index (χ0) is 14.7. The summed E-state index contributed by atoms with van der Waals surface area (Å²) in [6, 6.07) is 15.5. The molecule has 3 rings (SSSR count). The van der Waals surface area contributed by atoms with Crippen LogP contribution in [0.15, 0.2) is 54.6 Å². The lowest BCUT2D eigenvalue weighted by Gasteiger charge is -2.43. The lowest BCUT2D eigenvalue weighted by Crippen LogP contribution is -2.52. The predicted octanol–water partition coefficient (Wildman–Crippen LogP) is 4.03. The van der Waals surface area contributed by atoms with Crippen LogP contribution in [-0.2, 0) is 5.54 Å². The second-order valence-corrected chi connectivity index (χ2v) is 5.39. The monoisotopic (exact) mass is 284 g/mol. The molecule has 1 fully saturated rings. The summed E-state index contributed by atoms with van der Waals surface area (Å²) < 4.78 is 13.0. The summed E-state index contributed by atoms with van der Waals surface area (Å²) in [5.74, 6) is -0.262. The molecule has 108 valence electrons. The Kier molecular flexibility index (Phi) is 3.60. The molecule has 2 amide bonds. The van der Waals surface area contributed by atoms with Gasteiger partial charge < -0.3 is 10.6 Å². The molecule has 0 aromatic heterocycles. The first-order valence-electron chi connectivity index (χ1n) is 7.08. The maximum absolute atomic E-state index is 13.0. The van der Waals surface area contributed by atoms with Gasteiger partial charge >= 0.3 is 6.03 Å². The van der Waals surface area contributed by atoms with Gasteiger partial charge in [-0.2, -0.15) is 0 Å². The van der Waals surface area contributed by atoms with E-state index < -0.39 is 0 Å². The molecule has 0 unspecified atom stereocenters. The molecule has 1 saturated carbocycles. The van der Waals surface area contributed by atoms with Gasteiger partial charge in [0.2, 0.25) is 0 Å². The number of benzene rings is 2. The quantitative estimate of drug-likeness (QED) is 0.878. The highest BCUT2D eigenvalue weighted by Gasteiger charge is 2.40. The molecule has 3 nitrogen and oxygen atoms in total. The van der Waals surface area contributed by atoms with Crippen molar-refractivity contribution in [2.45, 2.75) is 24.8 Å². The highest BCUT2D eigenvalue weighted by Crippen LogP contribution is 2.41. The van der Waals surface area contributed by atoms with E-state index in [2.05, 4.69) is 10.6 Å². The van der Waals surface area contributed by atoms with Gasteiger partial charge in [0.25, 0.3) is 0 Å². The predicted molar refractivity (Wildman–Crippen MR) is 80.5 cm³/mol. The Morgan fingerprint density at radius 2 is 1.67 bits per heavy atom. The van der Waals surface area contributed by atoms with Gasteiger partial charge in [-0.15, -0.1) is 0 Å². The van der Waals surface area contributed by atoms with Crippen molar-refractivity contribution in [2.75, 3.05) is 5.32 Å². The standard InChI is InChI=1S/C17H17FN2O/c18-14-9-7-13(8-10-14)17(11-4-12-17)20-16(21)19-15-5-2-1-3-6-15/h1-3,5-10H,4,11-12H2,(H2,19,20,21). The number of carbonyl (C=O) groups excluding carboxylic acids is 1. The second kappa shape index (κ2) is 5.56. The van der Waals surface area contributed by atoms with Crippen molar-refractivity contribution in [3.05, 3.63) is 66.0 Å². The Morgan fingerprint density at radius 3 is 2.24 bits per heavy atom. The van der Waals surface area contributed by atoms with Gasteiger partial charge in [-0.25, -0.2) is 9.18 Å². The van der Waals surface area contributed by atoms with Crippen LogP contribution in [0.3, 0.4) is 0 Å². The van der Waals surface area contributed by atoms with Crippen LogP contribution in [0.1, 0.15) is 24.8 Å². The van der Waals surface area contributed by atoms with Gasteiger partial charge in [0.1, 0.15) is 5.82 Å². The molecule has 0 spiro atoms. The Labute approximate surface area is 123 Å². The highest BCUT2D eigenvalue weighted by molar-refractivity contribution is 5.89. The molecule has 2 aromatic carbocycles. The number of urea groups is 1. The van der Waals surface area contributed by atoms with Crippen LogP contribution < -0.4 is 10.6 Å². The summed E-state index contributed by atoms with van der Waals surface area (Å²) in [5, 5.41) is 5.86. The number of para-hydroxylation sites is 1. The summed E-state index contributed by atoms with van der Waals surface area (Å²) in [6.07, 6.45) is 2.81. The summed E-state index contributed by atoms with van der Waals surface area (Å²) in [7, 11) is 0. The number of halogens is 1. The van der Waals surface area contributed by atoms with Crippen molar-refractivity contribution in [3.8, 4) is 0 Å². The van der Waals surface area contributed by atoms with Crippen LogP contribution >= 0.6 is 0 Å². The lowest BCUT2D eigenvalue weighted by molar-refractivity contribution is 0.185. The number of hydrogen-bond acceptors (Lipinski definition) is 1. The van der Waals surface area contributed by atoms with Gasteiger partial charge in [0.05, 0.1) is 5.54 Å². The fraction of sp³-hybridized carbons (Fsp3) is 0.235. The maximum atomic E-state index is 13.0. The van der Waals surface area contributed by atoms with Crippen LogP contribution in [0.25, 0.3) is 0 Å². The second-order valence-electron chi connectivity index (χ2n) is 5.39. The van der Waals surface area contributed by atoms with E-state index in [1.807, 2.05) is 30.3 Å². The third kappa shape index (κ3) is 2.89. The summed E-state index contributed by atoms with van der Waals surface area (Å²) in [6.45, 7) is 0. The number of amides is 2. The molecule has 0 heterocycles. The van der Waals surface area contributed by atoms with E-state index in [4.69, 9.17) is 0 Å². The van der Waals surface area contributed by atoms with Gasteiger partial charge in [-0.1, -0.05) is 30.3 Å². The number of hydrogen-bond donors (Lipinski definition) is 2. The molecular formula is C17H17FN2O. The molecule has 0 aliphatic heterocycles. The molecule has 1 aliphatic carbocycles. The van der Waals surface area contributed by atoms with Crippen LogP contribution in [0.2, 0.25) is 0 Å². The molecule has 1 aliphatic rings. The van der Waals surface area contributed by atoms with Crippen LogP contribution in [0, 0.1) is 5.82 Å². The van der Waals surface area contributed by atoms with E-state index in [0.717, 1.165) is 30.5 Å². The summed E-state index contributed by atoms with van der Waals surface area (Å²) in [4.78, 5) is 12.2. The fourth-order valence-corrected chi connectivity index (χ4v) is 2.69. The van der Waals surface area contributed by atoms with E-state index in [1.165, 1.54) is 12.1 Å². The topological polar surface area (TPSA) is 41.1 Å². The van der Waals surface area contributed by atoms with Crippen molar-refractivity contribution in [3.63, 3.8) is 0 Å². The molecule has 2 N–H and O–H groups in total. The number of nitrogens with one attached hydrogen (secondary N) is 2. The van der Waals surface area contributed by atoms with E-state index in [-0.39, 0.29) is 17.4 Å². The fourth-order valence-electron chi connectivity index (χ4n) is 2.69. The number of anilines is 1. The largest absolute Gasteiger partial charge is 0.328 e. The maximum Gasteiger partial charge on any atom is 0.319 e. The molecular weight excluding hydrogens is 267 g/mol. The average Bonchev–Trinajstić information content (AvgIpc) is 2.45. The van der Waals surface area contributed by atoms with Crippen LogP contribution in [0.5, 0.6) is 0 Å². The zero-order valence-corrected chi connectivity index (χ0v) is 11.6. The minimum atomic E-state index is -0.368. The van der Waals surface area contributed by atoms with E-state index >= 15 is 0 Å². The molecule has 0 atom stereocenters. The molecule has 2 aromatic rings. The lowest BCUT2D eigenvalue weighted by atomic mass is 9.72. The minimum Gasteiger partial charge on any atom is -0.328 e. The first kappa shape index (κ1) is 13.6. The number of rotatable bonds is 3. The van der Waals surface area contributed by atoms with E-state index in [1.54, 1.807) is 12.1 Å². The van der Waals surface area contributed by atoms with E-state index in [9.17, 15) is 9.18 Å². The highest BCUT2D eigenvalue weighted by atomic mass is 19.1. The Hall–Kier alpha value is -2.36.